The molecule has 100 valence electrons. The van der Waals surface area contributed by atoms with E-state index in [1.54, 1.807) is 32.4 Å². The van der Waals surface area contributed by atoms with Crippen LogP contribution >= 0.6 is 11.6 Å². The average Bonchev–Trinajstić information content (AvgIpc) is 2.35. The summed E-state index contributed by atoms with van der Waals surface area (Å²) < 4.78 is 10.1. The number of carbonyl (C=O) groups is 1. The van der Waals surface area contributed by atoms with Crippen LogP contribution in [0.2, 0.25) is 5.02 Å². The van der Waals surface area contributed by atoms with E-state index < -0.39 is 0 Å². The Morgan fingerprint density at radius 1 is 1.39 bits per heavy atom. The second-order valence-corrected chi connectivity index (χ2v) is 4.28. The zero-order valence-corrected chi connectivity index (χ0v) is 11.4. The quantitative estimate of drug-likeness (QED) is 0.731. The van der Waals surface area contributed by atoms with Crippen LogP contribution in [-0.4, -0.2) is 39.7 Å². The third-order valence-electron chi connectivity index (χ3n) is 2.44. The second kappa shape index (κ2) is 8.08. The van der Waals surface area contributed by atoms with Crippen molar-refractivity contribution in [1.82, 2.24) is 5.32 Å². The van der Waals surface area contributed by atoms with Crippen molar-refractivity contribution in [3.63, 3.8) is 0 Å². The Balaban J connectivity index is 2.50. The first-order valence-electron chi connectivity index (χ1n) is 5.71. The summed E-state index contributed by atoms with van der Waals surface area (Å²) in [6.45, 7) is 1.57. The van der Waals surface area contributed by atoms with E-state index in [0.717, 1.165) is 5.56 Å². The molecule has 0 fully saturated rings. The van der Waals surface area contributed by atoms with Crippen LogP contribution in [0.1, 0.15) is 5.56 Å². The summed E-state index contributed by atoms with van der Waals surface area (Å²) in [7, 11) is 3.20. The monoisotopic (exact) mass is 271 g/mol. The van der Waals surface area contributed by atoms with Crippen molar-refractivity contribution in [2.24, 2.45) is 0 Å². The van der Waals surface area contributed by atoms with E-state index in [0.29, 0.717) is 36.9 Å². The van der Waals surface area contributed by atoms with E-state index >= 15 is 0 Å². The number of hydrogen-bond acceptors (Lipinski definition) is 4. The zero-order chi connectivity index (χ0) is 13.4. The van der Waals surface area contributed by atoms with Gasteiger partial charge < -0.3 is 14.8 Å². The number of rotatable bonds is 8. The van der Waals surface area contributed by atoms with Crippen molar-refractivity contribution in [3.05, 3.63) is 28.8 Å². The molecule has 18 heavy (non-hydrogen) atoms. The third kappa shape index (κ3) is 5.04. The summed E-state index contributed by atoms with van der Waals surface area (Å²) in [6, 6.07) is 5.27. The van der Waals surface area contributed by atoms with Gasteiger partial charge in [-0.05, 0) is 18.2 Å². The molecular formula is C13H18ClNO3. The lowest BCUT2D eigenvalue weighted by Crippen LogP contribution is -2.27. The lowest BCUT2D eigenvalue weighted by molar-refractivity contribution is -0.117. The van der Waals surface area contributed by atoms with E-state index in [1.807, 2.05) is 0 Å². The van der Waals surface area contributed by atoms with Crippen molar-refractivity contribution in [2.45, 2.75) is 6.42 Å². The SMILES string of the molecule is COCCNCC(=O)Cc1cc(Cl)ccc1OC. The van der Waals surface area contributed by atoms with Gasteiger partial charge in [-0.3, -0.25) is 4.79 Å². The van der Waals surface area contributed by atoms with E-state index in [4.69, 9.17) is 21.1 Å². The van der Waals surface area contributed by atoms with Gasteiger partial charge in [0.2, 0.25) is 0 Å². The lowest BCUT2D eigenvalue weighted by Gasteiger charge is -2.08. The second-order valence-electron chi connectivity index (χ2n) is 3.84. The molecule has 1 aromatic carbocycles. The number of Topliss-reactive ketones (excluding diaryl/α,β-unsaturated/α-hetero) is 1. The molecule has 0 aromatic heterocycles. The molecule has 1 aromatic rings. The molecule has 1 rings (SSSR count). The van der Waals surface area contributed by atoms with Crippen molar-refractivity contribution in [3.8, 4) is 5.75 Å². The predicted molar refractivity (Wildman–Crippen MR) is 71.5 cm³/mol. The van der Waals surface area contributed by atoms with Crippen molar-refractivity contribution in [2.75, 3.05) is 33.9 Å². The number of hydrogen-bond donors (Lipinski definition) is 1. The van der Waals surface area contributed by atoms with Crippen molar-refractivity contribution < 1.29 is 14.3 Å². The largest absolute Gasteiger partial charge is 0.496 e. The molecule has 0 aliphatic heterocycles. The first-order valence-corrected chi connectivity index (χ1v) is 6.09. The van der Waals surface area contributed by atoms with Gasteiger partial charge >= 0.3 is 0 Å². The Morgan fingerprint density at radius 2 is 2.17 bits per heavy atom. The van der Waals surface area contributed by atoms with Crippen molar-refractivity contribution >= 4 is 17.4 Å². The molecule has 0 aliphatic rings. The van der Waals surface area contributed by atoms with Crippen LogP contribution in [0.3, 0.4) is 0 Å². The third-order valence-corrected chi connectivity index (χ3v) is 2.67. The molecule has 0 saturated heterocycles. The molecule has 4 nitrogen and oxygen atoms in total. The van der Waals surface area contributed by atoms with Crippen LogP contribution in [0.15, 0.2) is 18.2 Å². The maximum absolute atomic E-state index is 11.8. The first-order chi connectivity index (χ1) is 8.67. The Hall–Kier alpha value is -1.10. The van der Waals surface area contributed by atoms with E-state index in [1.165, 1.54) is 0 Å². The maximum atomic E-state index is 11.8. The average molecular weight is 272 g/mol. The van der Waals surface area contributed by atoms with Crippen molar-refractivity contribution in [1.29, 1.82) is 0 Å². The molecule has 0 amide bonds. The van der Waals surface area contributed by atoms with Crippen LogP contribution in [0.25, 0.3) is 0 Å². The highest BCUT2D eigenvalue weighted by atomic mass is 35.5. The minimum Gasteiger partial charge on any atom is -0.496 e. The number of methoxy groups -OCH3 is 2. The van der Waals surface area contributed by atoms with E-state index in [9.17, 15) is 4.79 Å². The van der Waals surface area contributed by atoms with Gasteiger partial charge in [0.1, 0.15) is 5.75 Å². The van der Waals surface area contributed by atoms with E-state index in [-0.39, 0.29) is 5.78 Å². The Bertz CT molecular complexity index is 396. The minimum absolute atomic E-state index is 0.0895. The number of benzene rings is 1. The molecule has 0 aliphatic carbocycles. The fraction of sp³-hybridized carbons (Fsp3) is 0.462. The topological polar surface area (TPSA) is 47.6 Å². The minimum atomic E-state index is 0.0895. The highest BCUT2D eigenvalue weighted by Crippen LogP contribution is 2.23. The Kier molecular flexibility index (Phi) is 6.72. The number of nitrogens with one attached hydrogen (secondary N) is 1. The van der Waals surface area contributed by atoms with Crippen LogP contribution in [-0.2, 0) is 16.0 Å². The molecule has 0 radical (unpaired) electrons. The lowest BCUT2D eigenvalue weighted by atomic mass is 10.1. The van der Waals surface area contributed by atoms with Gasteiger partial charge in [-0.25, -0.2) is 0 Å². The molecule has 0 atom stereocenters. The first kappa shape index (κ1) is 15.0. The van der Waals surface area contributed by atoms with Gasteiger partial charge in [-0.2, -0.15) is 0 Å². The highest BCUT2D eigenvalue weighted by Gasteiger charge is 2.09. The molecular weight excluding hydrogens is 254 g/mol. The fourth-order valence-electron chi connectivity index (χ4n) is 1.56. The normalized spacial score (nSPS) is 10.4. The standard InChI is InChI=1S/C13H18ClNO3/c1-17-6-5-15-9-12(16)8-10-7-11(14)3-4-13(10)18-2/h3-4,7,15H,5-6,8-9H2,1-2H3. The number of halogens is 1. The Labute approximate surface area is 112 Å². The maximum Gasteiger partial charge on any atom is 0.151 e. The summed E-state index contributed by atoms with van der Waals surface area (Å²) in [5.41, 5.74) is 0.809. The fourth-order valence-corrected chi connectivity index (χ4v) is 1.76. The van der Waals surface area contributed by atoms with Gasteiger partial charge in [0.15, 0.2) is 5.78 Å². The molecule has 0 bridgehead atoms. The van der Waals surface area contributed by atoms with Gasteiger partial charge in [-0.15, -0.1) is 0 Å². The van der Waals surface area contributed by atoms with Gasteiger partial charge in [0.25, 0.3) is 0 Å². The van der Waals surface area contributed by atoms with Crippen LogP contribution in [0, 0.1) is 0 Å². The molecule has 0 spiro atoms. The van der Waals surface area contributed by atoms with Gasteiger partial charge in [0.05, 0.1) is 20.3 Å². The number of carbonyl (C=O) groups excluding carboxylic acids is 1. The molecule has 5 heteroatoms. The number of ether oxygens (including phenoxy) is 2. The smallest absolute Gasteiger partial charge is 0.151 e. The molecule has 0 saturated carbocycles. The summed E-state index contributed by atoms with van der Waals surface area (Å²) >= 11 is 5.90. The predicted octanol–water partition coefficient (Wildman–Crippen LogP) is 1.70. The number of ketones is 1. The van der Waals surface area contributed by atoms with Crippen LogP contribution in [0.5, 0.6) is 5.75 Å². The van der Waals surface area contributed by atoms with Crippen LogP contribution < -0.4 is 10.1 Å². The van der Waals surface area contributed by atoms with E-state index in [2.05, 4.69) is 5.32 Å². The zero-order valence-electron chi connectivity index (χ0n) is 10.7. The molecule has 0 unspecified atom stereocenters. The van der Waals surface area contributed by atoms with Crippen LogP contribution in [0.4, 0.5) is 0 Å². The van der Waals surface area contributed by atoms with Gasteiger partial charge in [-0.1, -0.05) is 11.6 Å². The Morgan fingerprint density at radius 3 is 2.83 bits per heavy atom. The summed E-state index contributed by atoms with van der Waals surface area (Å²) in [5, 5.41) is 3.61. The summed E-state index contributed by atoms with van der Waals surface area (Å²) in [5.74, 6) is 0.774. The summed E-state index contributed by atoms with van der Waals surface area (Å²) in [6.07, 6.45) is 0.309. The van der Waals surface area contributed by atoms with Gasteiger partial charge in [0, 0.05) is 30.7 Å². The molecule has 1 N–H and O–H groups in total. The summed E-state index contributed by atoms with van der Waals surface area (Å²) in [4.78, 5) is 11.8. The molecule has 0 heterocycles. The highest BCUT2D eigenvalue weighted by molar-refractivity contribution is 6.30.